The number of carbonyl (C=O) groups is 4. The largest absolute Gasteiger partial charge is 0.463 e. The monoisotopic (exact) mass is 530 g/mol. The summed E-state index contributed by atoms with van der Waals surface area (Å²) in [6.07, 6.45) is 9.24. The summed E-state index contributed by atoms with van der Waals surface area (Å²) in [4.78, 5) is 52.0. The van der Waals surface area contributed by atoms with E-state index in [1.807, 2.05) is 6.92 Å². The summed E-state index contributed by atoms with van der Waals surface area (Å²) in [6.45, 7) is 8.70. The van der Waals surface area contributed by atoms with Crippen molar-refractivity contribution in [3.63, 3.8) is 0 Å². The van der Waals surface area contributed by atoms with Crippen molar-refractivity contribution in [1.29, 1.82) is 0 Å². The minimum absolute atomic E-state index is 0.0175. The van der Waals surface area contributed by atoms with E-state index in [0.29, 0.717) is 23.1 Å². The molecule has 2 unspecified atom stereocenters. The van der Waals surface area contributed by atoms with Crippen molar-refractivity contribution in [3.05, 3.63) is 57.1 Å². The summed E-state index contributed by atoms with van der Waals surface area (Å²) in [5.41, 5.74) is -0.807. The minimum Gasteiger partial charge on any atom is -0.463 e. The fraction of sp³-hybridized carbons (Fsp3) is 0.517. The number of ether oxygens (including phenoxy) is 2. The lowest BCUT2D eigenvalue weighted by Crippen LogP contribution is -2.52. The van der Waals surface area contributed by atoms with Gasteiger partial charge in [-0.3, -0.25) is 14.4 Å². The van der Waals surface area contributed by atoms with Gasteiger partial charge in [0.05, 0.1) is 22.3 Å². The van der Waals surface area contributed by atoms with E-state index in [1.54, 1.807) is 19.9 Å². The molecule has 1 aliphatic heterocycles. The van der Waals surface area contributed by atoms with Crippen LogP contribution < -0.4 is 0 Å². The van der Waals surface area contributed by atoms with Crippen LogP contribution in [0.2, 0.25) is 0 Å². The highest BCUT2D eigenvalue weighted by atomic mass is 35.5. The zero-order valence-electron chi connectivity index (χ0n) is 22.1. The van der Waals surface area contributed by atoms with Crippen molar-refractivity contribution >= 4 is 34.9 Å². The molecule has 7 nitrogen and oxygen atoms in total. The second-order valence-electron chi connectivity index (χ2n) is 10.3. The first kappa shape index (κ1) is 28.8. The third-order valence-corrected chi connectivity index (χ3v) is 7.37. The first-order chi connectivity index (χ1) is 17.4. The lowest BCUT2D eigenvalue weighted by Gasteiger charge is -2.33. The lowest BCUT2D eigenvalue weighted by atomic mass is 9.79. The first-order valence-corrected chi connectivity index (χ1v) is 13.2. The van der Waals surface area contributed by atoms with Gasteiger partial charge in [-0.25, -0.2) is 4.79 Å². The quantitative estimate of drug-likeness (QED) is 0.186. The van der Waals surface area contributed by atoms with Crippen molar-refractivity contribution in [3.8, 4) is 0 Å². The average Bonchev–Trinajstić information content (AvgIpc) is 2.83. The van der Waals surface area contributed by atoms with Gasteiger partial charge >= 0.3 is 5.97 Å². The fourth-order valence-electron chi connectivity index (χ4n) is 4.87. The van der Waals surface area contributed by atoms with Gasteiger partial charge < -0.3 is 14.6 Å². The molecule has 1 N–H and O–H groups in total. The molecule has 0 amide bonds. The zero-order valence-corrected chi connectivity index (χ0v) is 22.9. The number of aliphatic hydroxyl groups excluding tert-OH is 1. The molecule has 37 heavy (non-hydrogen) atoms. The fourth-order valence-corrected chi connectivity index (χ4v) is 5.21. The van der Waals surface area contributed by atoms with Gasteiger partial charge in [0.15, 0.2) is 5.78 Å². The van der Waals surface area contributed by atoms with Crippen LogP contribution in [-0.4, -0.2) is 40.1 Å². The first-order valence-electron chi connectivity index (χ1n) is 12.8. The number of esters is 1. The van der Waals surface area contributed by atoms with Crippen LogP contribution in [0, 0.1) is 5.92 Å². The highest BCUT2D eigenvalue weighted by molar-refractivity contribution is 6.49. The molecule has 0 aromatic rings. The van der Waals surface area contributed by atoms with Crippen molar-refractivity contribution in [2.75, 3.05) is 0 Å². The normalized spacial score (nSPS) is 25.4. The number of carbonyl (C=O) groups excluding carboxylic acids is 4. The lowest BCUT2D eigenvalue weighted by molar-refractivity contribution is -0.166. The Labute approximate surface area is 222 Å². The van der Waals surface area contributed by atoms with Gasteiger partial charge in [-0.2, -0.15) is 0 Å². The van der Waals surface area contributed by atoms with Gasteiger partial charge in [0.25, 0.3) is 0 Å². The molecular weight excluding hydrogens is 496 g/mol. The summed E-state index contributed by atoms with van der Waals surface area (Å²) < 4.78 is 11.1. The highest BCUT2D eigenvalue weighted by Gasteiger charge is 2.53. The van der Waals surface area contributed by atoms with Crippen LogP contribution in [0.5, 0.6) is 0 Å². The van der Waals surface area contributed by atoms with Gasteiger partial charge in [-0.1, -0.05) is 62.8 Å². The van der Waals surface area contributed by atoms with Gasteiger partial charge in [0.1, 0.15) is 12.0 Å². The Kier molecular flexibility index (Phi) is 9.13. The van der Waals surface area contributed by atoms with E-state index in [-0.39, 0.29) is 40.1 Å². The summed E-state index contributed by atoms with van der Waals surface area (Å²) in [5.74, 6) is -2.36. The molecule has 0 saturated carbocycles. The summed E-state index contributed by atoms with van der Waals surface area (Å²) in [5, 5.41) is 9.56. The van der Waals surface area contributed by atoms with Gasteiger partial charge in [0, 0.05) is 17.6 Å². The third-order valence-electron chi connectivity index (χ3n) is 7.00. The maximum atomic E-state index is 13.4. The molecule has 0 fully saturated rings. The average molecular weight is 531 g/mol. The van der Waals surface area contributed by atoms with E-state index >= 15 is 0 Å². The highest BCUT2D eigenvalue weighted by Crippen LogP contribution is 2.41. The molecule has 1 heterocycles. The molecule has 8 heteroatoms. The van der Waals surface area contributed by atoms with E-state index in [1.165, 1.54) is 19.4 Å². The van der Waals surface area contributed by atoms with Crippen LogP contribution >= 0.6 is 11.6 Å². The number of unbranched alkanes of at least 4 members (excludes halogenated alkanes) is 3. The predicted octanol–water partition coefficient (Wildman–Crippen LogP) is 5.32. The number of aliphatic hydroxyl groups is 1. The number of Topliss-reactive ketones (excluding diaryl/α,β-unsaturated/α-hetero) is 3. The maximum Gasteiger partial charge on any atom is 0.334 e. The third kappa shape index (κ3) is 6.04. The number of halogens is 1. The number of ketones is 3. The van der Waals surface area contributed by atoms with Crippen molar-refractivity contribution < 1.29 is 33.8 Å². The molecule has 3 rings (SSSR count). The number of rotatable bonds is 9. The van der Waals surface area contributed by atoms with Gasteiger partial charge in [0.2, 0.25) is 17.2 Å². The zero-order chi connectivity index (χ0) is 27.5. The van der Waals surface area contributed by atoms with Crippen molar-refractivity contribution in [2.24, 2.45) is 5.92 Å². The second-order valence-corrected chi connectivity index (χ2v) is 10.7. The standard InChI is InChI=1S/C29H35ClO7/c1-6-7-8-9-10-16(2)11-18(4)28(35)37-29(5)26(33)21-15-36-23(14-20(21)25(30)27(29)34)24-17(3)12-19(31)13-22(24)32/h11,14-16,19,31H,6-10,12-13H2,1-5H3/b18-11+/t16?,19?,29-/m0/s1. The number of fused-ring (bicyclic) bond motifs is 1. The Bertz CT molecular complexity index is 1170. The molecule has 0 spiro atoms. The van der Waals surface area contributed by atoms with Crippen LogP contribution in [0.15, 0.2) is 57.1 Å². The Balaban J connectivity index is 1.83. The van der Waals surface area contributed by atoms with E-state index < -0.39 is 29.2 Å². The van der Waals surface area contributed by atoms with E-state index in [9.17, 15) is 24.3 Å². The molecule has 200 valence electrons. The molecule has 0 radical (unpaired) electrons. The second kappa shape index (κ2) is 11.7. The molecule has 0 aromatic heterocycles. The molecule has 3 aliphatic rings. The number of hydrogen-bond donors (Lipinski definition) is 1. The molecular formula is C29H35ClO7. The summed E-state index contributed by atoms with van der Waals surface area (Å²) in [7, 11) is 0. The molecule has 0 saturated heterocycles. The number of hydrogen-bond acceptors (Lipinski definition) is 7. The van der Waals surface area contributed by atoms with Crippen LogP contribution in [0.3, 0.4) is 0 Å². The summed E-state index contributed by atoms with van der Waals surface area (Å²) >= 11 is 6.41. The Hall–Kier alpha value is -2.77. The minimum atomic E-state index is -2.14. The van der Waals surface area contributed by atoms with Crippen LogP contribution in [0.4, 0.5) is 0 Å². The SMILES string of the molecule is CCCCCCC(C)/C=C(\C)C(=O)O[C@@]1(C)C(=O)C2=COC(C3=C(C)CC(O)CC3=O)=CC2=C(Cl)C1=O. The Morgan fingerprint density at radius 2 is 1.95 bits per heavy atom. The smallest absolute Gasteiger partial charge is 0.334 e. The Morgan fingerprint density at radius 1 is 1.24 bits per heavy atom. The molecule has 0 bridgehead atoms. The molecule has 3 atom stereocenters. The van der Waals surface area contributed by atoms with Gasteiger partial charge in [-0.05, 0) is 45.6 Å². The van der Waals surface area contributed by atoms with E-state index in [0.717, 1.165) is 31.9 Å². The maximum absolute atomic E-state index is 13.4. The van der Waals surface area contributed by atoms with Crippen LogP contribution in [-0.2, 0) is 28.7 Å². The van der Waals surface area contributed by atoms with Gasteiger partial charge in [-0.15, -0.1) is 0 Å². The van der Waals surface area contributed by atoms with E-state index in [2.05, 4.69) is 6.92 Å². The van der Waals surface area contributed by atoms with Crippen molar-refractivity contribution in [1.82, 2.24) is 0 Å². The molecule has 0 aromatic carbocycles. The topological polar surface area (TPSA) is 107 Å². The predicted molar refractivity (Wildman–Crippen MR) is 139 cm³/mol. The summed E-state index contributed by atoms with van der Waals surface area (Å²) in [6, 6.07) is 0. The van der Waals surface area contributed by atoms with Crippen LogP contribution in [0.25, 0.3) is 0 Å². The number of allylic oxidation sites excluding steroid dienone is 4. The van der Waals surface area contributed by atoms with E-state index in [4.69, 9.17) is 21.1 Å². The molecule has 2 aliphatic carbocycles. The van der Waals surface area contributed by atoms with Crippen LogP contribution in [0.1, 0.15) is 79.6 Å². The van der Waals surface area contributed by atoms with Crippen molar-refractivity contribution in [2.45, 2.75) is 91.3 Å². The Morgan fingerprint density at radius 3 is 2.59 bits per heavy atom.